The Morgan fingerprint density at radius 2 is 2.09 bits per heavy atom. The van der Waals surface area contributed by atoms with Crippen LogP contribution in [-0.4, -0.2) is 35.9 Å². The number of primary amides is 1. The smallest absolute Gasteiger partial charge is 0.263 e. The Morgan fingerprint density at radius 1 is 1.41 bits per heavy atom. The number of hydrogen-bond donors (Lipinski definition) is 1. The van der Waals surface area contributed by atoms with Gasteiger partial charge in [0.05, 0.1) is 11.6 Å². The molecule has 0 aromatic heterocycles. The highest BCUT2D eigenvalue weighted by Crippen LogP contribution is 2.19. The van der Waals surface area contributed by atoms with Crippen molar-refractivity contribution in [3.8, 4) is 11.8 Å². The molecule has 6 nitrogen and oxygen atoms in total. The van der Waals surface area contributed by atoms with Crippen LogP contribution >= 0.6 is 0 Å². The molecule has 22 heavy (non-hydrogen) atoms. The first kappa shape index (κ1) is 15.8. The fraction of sp³-hybridized carbons (Fsp3) is 0.438. The van der Waals surface area contributed by atoms with Crippen LogP contribution in [0.2, 0.25) is 0 Å². The van der Waals surface area contributed by atoms with Crippen LogP contribution in [0.4, 0.5) is 0 Å². The van der Waals surface area contributed by atoms with E-state index in [9.17, 15) is 9.59 Å². The van der Waals surface area contributed by atoms with E-state index in [2.05, 4.69) is 0 Å². The average Bonchev–Trinajstić information content (AvgIpc) is 2.54. The van der Waals surface area contributed by atoms with Gasteiger partial charge in [-0.3, -0.25) is 9.59 Å². The highest BCUT2D eigenvalue weighted by molar-refractivity contribution is 5.82. The van der Waals surface area contributed by atoms with Crippen molar-refractivity contribution in [3.63, 3.8) is 0 Å². The Bertz CT molecular complexity index is 601. The van der Waals surface area contributed by atoms with Crippen molar-refractivity contribution in [2.24, 2.45) is 11.7 Å². The normalized spacial score (nSPS) is 16.6. The molecule has 0 unspecified atom stereocenters. The summed E-state index contributed by atoms with van der Waals surface area (Å²) in [6.45, 7) is 2.71. The van der Waals surface area contributed by atoms with E-state index in [0.717, 1.165) is 0 Å². The van der Waals surface area contributed by atoms with Crippen LogP contribution in [0, 0.1) is 17.2 Å². The summed E-state index contributed by atoms with van der Waals surface area (Å²) in [6.07, 6.45) is 0.550. The molecule has 116 valence electrons. The van der Waals surface area contributed by atoms with E-state index in [1.807, 2.05) is 6.07 Å². The lowest BCUT2D eigenvalue weighted by molar-refractivity contribution is -0.140. The molecule has 1 aliphatic rings. The number of benzene rings is 1. The maximum atomic E-state index is 12.4. The van der Waals surface area contributed by atoms with Crippen LogP contribution in [0.5, 0.6) is 5.75 Å². The number of rotatable bonds is 4. The van der Waals surface area contributed by atoms with E-state index in [1.165, 1.54) is 0 Å². The standard InChI is InChI=1S/C16H19N3O3/c1-11(22-14-4-2-3-12(9-14)10-17)16(21)19-7-5-13(6-8-19)15(18)20/h2-4,9,11,13H,5-8H2,1H3,(H2,18,20)/t11-/m0/s1. The molecule has 1 heterocycles. The summed E-state index contributed by atoms with van der Waals surface area (Å²) in [7, 11) is 0. The van der Waals surface area contributed by atoms with Crippen molar-refractivity contribution in [1.29, 1.82) is 5.26 Å². The summed E-state index contributed by atoms with van der Waals surface area (Å²) in [5.74, 6) is -0.0745. The molecule has 0 bridgehead atoms. The molecule has 6 heteroatoms. The Kier molecular flexibility index (Phi) is 4.99. The van der Waals surface area contributed by atoms with Gasteiger partial charge in [-0.05, 0) is 38.0 Å². The lowest BCUT2D eigenvalue weighted by Gasteiger charge is -2.32. The lowest BCUT2D eigenvalue weighted by Crippen LogP contribution is -2.46. The number of carbonyl (C=O) groups excluding carboxylic acids is 2. The Morgan fingerprint density at radius 3 is 2.68 bits per heavy atom. The molecule has 1 fully saturated rings. The van der Waals surface area contributed by atoms with Gasteiger partial charge >= 0.3 is 0 Å². The second-order valence-electron chi connectivity index (χ2n) is 5.40. The first-order valence-corrected chi connectivity index (χ1v) is 7.26. The van der Waals surface area contributed by atoms with Crippen molar-refractivity contribution in [2.75, 3.05) is 13.1 Å². The molecular formula is C16H19N3O3. The number of piperidine rings is 1. The van der Waals surface area contributed by atoms with Gasteiger partial charge in [-0.15, -0.1) is 0 Å². The Hall–Kier alpha value is -2.55. The van der Waals surface area contributed by atoms with E-state index in [0.29, 0.717) is 37.2 Å². The van der Waals surface area contributed by atoms with E-state index < -0.39 is 6.10 Å². The number of carbonyl (C=O) groups is 2. The van der Waals surface area contributed by atoms with Gasteiger partial charge in [0.25, 0.3) is 5.91 Å². The quantitative estimate of drug-likeness (QED) is 0.899. The zero-order valence-electron chi connectivity index (χ0n) is 12.5. The summed E-state index contributed by atoms with van der Waals surface area (Å²) in [5.41, 5.74) is 5.77. The van der Waals surface area contributed by atoms with Gasteiger partial charge in [0.15, 0.2) is 6.10 Å². The van der Waals surface area contributed by atoms with E-state index in [1.54, 1.807) is 36.1 Å². The molecule has 1 atom stereocenters. The molecule has 0 aliphatic carbocycles. The monoisotopic (exact) mass is 301 g/mol. The third kappa shape index (κ3) is 3.76. The zero-order chi connectivity index (χ0) is 16.1. The number of hydrogen-bond acceptors (Lipinski definition) is 4. The highest BCUT2D eigenvalue weighted by atomic mass is 16.5. The predicted octanol–water partition coefficient (Wildman–Crippen LogP) is 1.05. The van der Waals surface area contributed by atoms with Crippen molar-refractivity contribution >= 4 is 11.8 Å². The molecule has 0 spiro atoms. The lowest BCUT2D eigenvalue weighted by atomic mass is 9.96. The second-order valence-corrected chi connectivity index (χ2v) is 5.40. The SMILES string of the molecule is C[C@H](Oc1cccc(C#N)c1)C(=O)N1CCC(C(N)=O)CC1. The molecule has 1 aliphatic heterocycles. The number of nitriles is 1. The number of nitrogens with two attached hydrogens (primary N) is 1. The number of amides is 2. The van der Waals surface area contributed by atoms with Crippen LogP contribution in [0.1, 0.15) is 25.3 Å². The van der Waals surface area contributed by atoms with Crippen LogP contribution in [-0.2, 0) is 9.59 Å². The van der Waals surface area contributed by atoms with Crippen molar-refractivity contribution in [3.05, 3.63) is 29.8 Å². The van der Waals surface area contributed by atoms with Crippen molar-refractivity contribution < 1.29 is 14.3 Å². The molecule has 1 saturated heterocycles. The third-order valence-electron chi connectivity index (χ3n) is 3.83. The van der Waals surface area contributed by atoms with Gasteiger partial charge in [0.1, 0.15) is 5.75 Å². The summed E-state index contributed by atoms with van der Waals surface area (Å²) >= 11 is 0. The Balaban J connectivity index is 1.92. The molecule has 0 saturated carbocycles. The van der Waals surface area contributed by atoms with Crippen LogP contribution in [0.3, 0.4) is 0 Å². The van der Waals surface area contributed by atoms with Crippen molar-refractivity contribution in [1.82, 2.24) is 4.90 Å². The zero-order valence-corrected chi connectivity index (χ0v) is 12.5. The maximum absolute atomic E-state index is 12.4. The van der Waals surface area contributed by atoms with Crippen LogP contribution in [0.15, 0.2) is 24.3 Å². The molecule has 1 aromatic rings. The van der Waals surface area contributed by atoms with Gasteiger partial charge in [0.2, 0.25) is 5.91 Å². The molecule has 0 radical (unpaired) electrons. The third-order valence-corrected chi connectivity index (χ3v) is 3.83. The van der Waals surface area contributed by atoms with Gasteiger partial charge in [-0.2, -0.15) is 5.26 Å². The minimum absolute atomic E-state index is 0.120. The van der Waals surface area contributed by atoms with E-state index in [4.69, 9.17) is 15.7 Å². The topological polar surface area (TPSA) is 96.4 Å². The van der Waals surface area contributed by atoms with Crippen LogP contribution in [0.25, 0.3) is 0 Å². The minimum Gasteiger partial charge on any atom is -0.481 e. The fourth-order valence-electron chi connectivity index (χ4n) is 2.53. The first-order valence-electron chi connectivity index (χ1n) is 7.26. The highest BCUT2D eigenvalue weighted by Gasteiger charge is 2.29. The van der Waals surface area contributed by atoms with E-state index in [-0.39, 0.29) is 17.7 Å². The van der Waals surface area contributed by atoms with E-state index >= 15 is 0 Å². The molecule has 2 amide bonds. The van der Waals surface area contributed by atoms with Gasteiger partial charge in [-0.25, -0.2) is 0 Å². The average molecular weight is 301 g/mol. The number of nitrogens with zero attached hydrogens (tertiary/aromatic N) is 2. The molecule has 2 rings (SSSR count). The first-order chi connectivity index (χ1) is 10.5. The fourth-order valence-corrected chi connectivity index (χ4v) is 2.53. The molecule has 2 N–H and O–H groups in total. The second kappa shape index (κ2) is 6.94. The van der Waals surface area contributed by atoms with Gasteiger partial charge in [0, 0.05) is 19.0 Å². The molecular weight excluding hydrogens is 282 g/mol. The summed E-state index contributed by atoms with van der Waals surface area (Å²) in [5, 5.41) is 8.86. The number of likely N-dealkylation sites (tertiary alicyclic amines) is 1. The largest absolute Gasteiger partial charge is 0.481 e. The van der Waals surface area contributed by atoms with Gasteiger partial charge < -0.3 is 15.4 Å². The summed E-state index contributed by atoms with van der Waals surface area (Å²) in [4.78, 5) is 25.2. The van der Waals surface area contributed by atoms with Crippen molar-refractivity contribution in [2.45, 2.75) is 25.9 Å². The summed E-state index contributed by atoms with van der Waals surface area (Å²) in [6, 6.07) is 8.73. The Labute approximate surface area is 129 Å². The number of ether oxygens (including phenoxy) is 1. The predicted molar refractivity (Wildman–Crippen MR) is 79.7 cm³/mol. The maximum Gasteiger partial charge on any atom is 0.263 e. The summed E-state index contributed by atoms with van der Waals surface area (Å²) < 4.78 is 5.61. The van der Waals surface area contributed by atoms with Gasteiger partial charge in [-0.1, -0.05) is 6.07 Å². The van der Waals surface area contributed by atoms with Crippen LogP contribution < -0.4 is 10.5 Å². The molecule has 1 aromatic carbocycles. The minimum atomic E-state index is -0.640.